The average molecular weight is 587 g/mol. The minimum Gasteiger partial charge on any atom is -0.325 e. The van der Waals surface area contributed by atoms with E-state index in [-0.39, 0.29) is 5.91 Å². The van der Waals surface area contributed by atoms with Crippen LogP contribution in [-0.4, -0.2) is 23.4 Å². The van der Waals surface area contributed by atoms with Gasteiger partial charge in [-0.15, -0.1) is 0 Å². The number of nitrogens with one attached hydrogen (secondary N) is 2. The van der Waals surface area contributed by atoms with Gasteiger partial charge in [-0.05, 0) is 78.6 Å². The summed E-state index contributed by atoms with van der Waals surface area (Å²) in [5, 5.41) is 16.2. The number of halogens is 3. The van der Waals surface area contributed by atoms with Crippen LogP contribution in [0, 0.1) is 17.1 Å². The number of likely N-dealkylation sites (tertiary alicyclic amines) is 1. The first-order valence-electron chi connectivity index (χ1n) is 13.0. The SMILES string of the molecule is Clc1ccccc1.N#Cc1cccc(NC(=O)N2CCC[C@]3(C(=O)Nc4cc(Cl)ccc43)[C@H]2c2cccc(F)c2)c1. The fourth-order valence-electron chi connectivity index (χ4n) is 5.58. The summed E-state index contributed by atoms with van der Waals surface area (Å²) in [4.78, 5) is 28.7. The van der Waals surface area contributed by atoms with Crippen molar-refractivity contribution in [1.82, 2.24) is 4.90 Å². The molecule has 3 amide bonds. The second-order valence-corrected chi connectivity index (χ2v) is 10.7. The van der Waals surface area contributed by atoms with Crippen molar-refractivity contribution in [2.75, 3.05) is 17.2 Å². The Morgan fingerprint density at radius 2 is 1.76 bits per heavy atom. The van der Waals surface area contributed by atoms with E-state index in [0.29, 0.717) is 46.9 Å². The van der Waals surface area contributed by atoms with Crippen LogP contribution in [-0.2, 0) is 10.2 Å². The van der Waals surface area contributed by atoms with Gasteiger partial charge in [-0.25, -0.2) is 9.18 Å². The summed E-state index contributed by atoms with van der Waals surface area (Å²) >= 11 is 11.7. The Labute approximate surface area is 247 Å². The lowest BCUT2D eigenvalue weighted by atomic mass is 9.67. The lowest BCUT2D eigenvalue weighted by Gasteiger charge is -2.47. The summed E-state index contributed by atoms with van der Waals surface area (Å²) in [6.45, 7) is 0.378. The fraction of sp³-hybridized carbons (Fsp3) is 0.156. The van der Waals surface area contributed by atoms with Gasteiger partial charge < -0.3 is 15.5 Å². The number of urea groups is 1. The van der Waals surface area contributed by atoms with Gasteiger partial charge in [0, 0.05) is 28.0 Å². The molecule has 0 saturated carbocycles. The monoisotopic (exact) mass is 586 g/mol. The number of amides is 3. The molecule has 6 rings (SSSR count). The molecule has 0 bridgehead atoms. The molecule has 1 fully saturated rings. The van der Waals surface area contributed by atoms with Crippen molar-refractivity contribution in [3.05, 3.63) is 130 Å². The van der Waals surface area contributed by atoms with E-state index < -0.39 is 23.3 Å². The predicted octanol–water partition coefficient (Wildman–Crippen LogP) is 7.95. The lowest BCUT2D eigenvalue weighted by molar-refractivity contribution is -0.124. The molecule has 0 aromatic heterocycles. The van der Waals surface area contributed by atoms with E-state index in [4.69, 9.17) is 23.2 Å². The topological polar surface area (TPSA) is 85.2 Å². The average Bonchev–Trinajstić information content (AvgIpc) is 3.23. The number of nitriles is 1. The standard InChI is InChI=1S/C26H20ClFN4O2.C6H5Cl/c27-18-8-9-21-22(14-18)31-24(33)26(21)10-3-11-32(23(26)17-5-2-6-19(28)13-17)25(34)30-20-7-1-4-16(12-20)15-29;7-6-4-2-1-3-5-6/h1-2,4-9,12-14,23H,3,10-11H2,(H,30,34)(H,31,33);1-5H/t23-,26-;/m1./s1. The Hall–Kier alpha value is -4.38. The van der Waals surface area contributed by atoms with Crippen molar-refractivity contribution in [2.45, 2.75) is 24.3 Å². The van der Waals surface area contributed by atoms with Crippen molar-refractivity contribution in [1.29, 1.82) is 5.26 Å². The first-order chi connectivity index (χ1) is 19.8. The number of piperidine rings is 1. The minimum atomic E-state index is -1.10. The van der Waals surface area contributed by atoms with Gasteiger partial charge in [-0.1, -0.05) is 65.7 Å². The molecule has 0 radical (unpaired) electrons. The van der Waals surface area contributed by atoms with Crippen LogP contribution < -0.4 is 10.6 Å². The molecule has 0 unspecified atom stereocenters. The first-order valence-corrected chi connectivity index (χ1v) is 13.7. The number of carbonyl (C=O) groups is 2. The van der Waals surface area contributed by atoms with Crippen molar-refractivity contribution >= 4 is 46.5 Å². The van der Waals surface area contributed by atoms with E-state index in [9.17, 15) is 19.2 Å². The zero-order chi connectivity index (χ0) is 29.0. The molecule has 1 spiro atoms. The summed E-state index contributed by atoms with van der Waals surface area (Å²) in [6, 6.07) is 28.1. The third kappa shape index (κ3) is 5.76. The minimum absolute atomic E-state index is 0.247. The molecule has 4 aromatic rings. The fourth-order valence-corrected chi connectivity index (χ4v) is 5.90. The smallest absolute Gasteiger partial charge is 0.322 e. The summed E-state index contributed by atoms with van der Waals surface area (Å²) in [6.07, 6.45) is 1.06. The molecule has 1 saturated heterocycles. The Morgan fingerprint density at radius 1 is 0.976 bits per heavy atom. The maximum atomic E-state index is 14.3. The molecular formula is C32H25Cl2FN4O2. The summed E-state index contributed by atoms with van der Waals surface area (Å²) in [5.74, 6) is -0.696. The van der Waals surface area contributed by atoms with Crippen LogP contribution in [0.1, 0.15) is 35.6 Å². The van der Waals surface area contributed by atoms with E-state index in [1.54, 1.807) is 59.5 Å². The molecule has 0 aliphatic carbocycles. The predicted molar refractivity (Wildman–Crippen MR) is 158 cm³/mol. The Morgan fingerprint density at radius 3 is 2.46 bits per heavy atom. The van der Waals surface area contributed by atoms with Crippen molar-refractivity contribution < 1.29 is 14.0 Å². The van der Waals surface area contributed by atoms with E-state index in [1.165, 1.54) is 12.1 Å². The zero-order valence-corrected chi connectivity index (χ0v) is 23.3. The van der Waals surface area contributed by atoms with Gasteiger partial charge in [-0.3, -0.25) is 4.79 Å². The molecule has 2 atom stereocenters. The molecule has 206 valence electrons. The number of hydrogen-bond donors (Lipinski definition) is 2. The number of hydrogen-bond acceptors (Lipinski definition) is 3. The van der Waals surface area contributed by atoms with Crippen LogP contribution in [0.5, 0.6) is 0 Å². The van der Waals surface area contributed by atoms with Gasteiger partial charge in [0.25, 0.3) is 0 Å². The summed E-state index contributed by atoms with van der Waals surface area (Å²) in [7, 11) is 0. The second kappa shape index (κ2) is 12.0. The van der Waals surface area contributed by atoms with Crippen LogP contribution >= 0.6 is 23.2 Å². The quantitative estimate of drug-likeness (QED) is 0.250. The van der Waals surface area contributed by atoms with Gasteiger partial charge in [0.2, 0.25) is 5.91 Å². The number of anilines is 2. The molecular weight excluding hydrogens is 562 g/mol. The highest BCUT2D eigenvalue weighted by Crippen LogP contribution is 2.54. The second-order valence-electron chi connectivity index (χ2n) is 9.79. The Kier molecular flexibility index (Phi) is 8.25. The molecule has 2 N–H and O–H groups in total. The third-order valence-electron chi connectivity index (χ3n) is 7.27. The normalized spacial score (nSPS) is 18.9. The van der Waals surface area contributed by atoms with E-state index in [1.807, 2.05) is 30.3 Å². The molecule has 6 nitrogen and oxygen atoms in total. The van der Waals surface area contributed by atoms with E-state index in [0.717, 1.165) is 10.6 Å². The van der Waals surface area contributed by atoms with Gasteiger partial charge in [0.05, 0.1) is 17.7 Å². The molecule has 2 heterocycles. The van der Waals surface area contributed by atoms with Crippen LogP contribution in [0.4, 0.5) is 20.6 Å². The summed E-state index contributed by atoms with van der Waals surface area (Å²) < 4.78 is 14.3. The number of fused-ring (bicyclic) bond motifs is 2. The number of benzene rings is 4. The van der Waals surface area contributed by atoms with Crippen molar-refractivity contribution in [2.24, 2.45) is 0 Å². The highest BCUT2D eigenvalue weighted by atomic mass is 35.5. The Balaban J connectivity index is 0.000000423. The molecule has 9 heteroatoms. The Bertz CT molecular complexity index is 1640. The third-order valence-corrected chi connectivity index (χ3v) is 7.75. The largest absolute Gasteiger partial charge is 0.325 e. The van der Waals surface area contributed by atoms with Crippen molar-refractivity contribution in [3.63, 3.8) is 0 Å². The number of nitrogens with zero attached hydrogens (tertiary/aromatic N) is 2. The van der Waals surface area contributed by atoms with Crippen molar-refractivity contribution in [3.8, 4) is 6.07 Å². The van der Waals surface area contributed by atoms with Gasteiger partial charge in [0.1, 0.15) is 11.2 Å². The van der Waals surface area contributed by atoms with Crippen LogP contribution in [0.3, 0.4) is 0 Å². The van der Waals surface area contributed by atoms with Crippen LogP contribution in [0.2, 0.25) is 10.0 Å². The molecule has 2 aliphatic heterocycles. The lowest BCUT2D eigenvalue weighted by Crippen LogP contribution is -2.55. The zero-order valence-electron chi connectivity index (χ0n) is 21.8. The van der Waals surface area contributed by atoms with Gasteiger partial charge in [-0.2, -0.15) is 5.26 Å². The van der Waals surface area contributed by atoms with E-state index in [2.05, 4.69) is 16.7 Å². The van der Waals surface area contributed by atoms with E-state index >= 15 is 0 Å². The highest BCUT2D eigenvalue weighted by molar-refractivity contribution is 6.31. The van der Waals surface area contributed by atoms with Gasteiger partial charge >= 0.3 is 6.03 Å². The molecule has 41 heavy (non-hydrogen) atoms. The van der Waals surface area contributed by atoms with Gasteiger partial charge in [0.15, 0.2) is 0 Å². The number of rotatable bonds is 2. The number of carbonyl (C=O) groups excluding carboxylic acids is 2. The maximum Gasteiger partial charge on any atom is 0.322 e. The first kappa shape index (κ1) is 28.2. The maximum absolute atomic E-state index is 14.3. The molecule has 4 aromatic carbocycles. The summed E-state index contributed by atoms with van der Waals surface area (Å²) in [5.41, 5.74) is 1.64. The molecule has 2 aliphatic rings. The van der Waals surface area contributed by atoms with Crippen LogP contribution in [0.15, 0.2) is 97.1 Å². The highest BCUT2D eigenvalue weighted by Gasteiger charge is 2.57. The van der Waals surface area contributed by atoms with Crippen LogP contribution in [0.25, 0.3) is 0 Å².